The number of hydrogen-bond acceptors (Lipinski definition) is 5. The lowest BCUT2D eigenvalue weighted by atomic mass is 9.97. The number of nitrogens with one attached hydrogen (secondary N) is 1. The summed E-state index contributed by atoms with van der Waals surface area (Å²) < 4.78 is 1.26. The van der Waals surface area contributed by atoms with Gasteiger partial charge in [0, 0.05) is 19.0 Å². The van der Waals surface area contributed by atoms with Crippen molar-refractivity contribution >= 4 is 33.5 Å². The number of carbonyl (C=O) groups excluding carboxylic acids is 2. The molecular formula is C21H26N4O2S. The van der Waals surface area contributed by atoms with Gasteiger partial charge < -0.3 is 10.2 Å². The number of rotatable bonds is 4. The Morgan fingerprint density at radius 2 is 1.86 bits per heavy atom. The second-order valence-electron chi connectivity index (χ2n) is 8.31. The molecule has 0 radical (unpaired) electrons. The first kappa shape index (κ1) is 18.1. The Balaban J connectivity index is 1.16. The van der Waals surface area contributed by atoms with Crippen LogP contribution in [0.25, 0.3) is 10.2 Å². The van der Waals surface area contributed by atoms with Crippen molar-refractivity contribution in [1.82, 2.24) is 20.1 Å². The molecule has 2 saturated heterocycles. The van der Waals surface area contributed by atoms with Crippen LogP contribution in [-0.2, 0) is 4.79 Å². The van der Waals surface area contributed by atoms with Gasteiger partial charge in [-0.2, -0.15) is 0 Å². The fourth-order valence-electron chi connectivity index (χ4n) is 4.91. The molecular weight excluding hydrogens is 372 g/mol. The van der Waals surface area contributed by atoms with E-state index in [1.807, 2.05) is 17.4 Å². The van der Waals surface area contributed by atoms with Crippen LogP contribution in [0.4, 0.5) is 4.79 Å². The van der Waals surface area contributed by atoms with E-state index in [0.717, 1.165) is 63.7 Å². The van der Waals surface area contributed by atoms with Crippen LogP contribution < -0.4 is 5.32 Å². The monoisotopic (exact) mass is 398 g/mol. The van der Waals surface area contributed by atoms with Crippen molar-refractivity contribution in [2.45, 2.75) is 50.0 Å². The number of hydrogen-bond donors (Lipinski definition) is 1. The first-order valence-corrected chi connectivity index (χ1v) is 11.2. The molecule has 2 aliphatic heterocycles. The highest BCUT2D eigenvalue weighted by Gasteiger charge is 2.52. The van der Waals surface area contributed by atoms with E-state index in [-0.39, 0.29) is 11.9 Å². The van der Waals surface area contributed by atoms with Gasteiger partial charge in [-0.1, -0.05) is 25.0 Å². The van der Waals surface area contributed by atoms with Crippen molar-refractivity contribution in [1.29, 1.82) is 0 Å². The number of fused-ring (bicyclic) bond motifs is 1. The van der Waals surface area contributed by atoms with Gasteiger partial charge in [-0.05, 0) is 50.9 Å². The third kappa shape index (κ3) is 3.10. The number of amides is 3. The average Bonchev–Trinajstić information content (AvgIpc) is 3.40. The maximum atomic E-state index is 12.8. The maximum Gasteiger partial charge on any atom is 0.325 e. The molecule has 1 saturated carbocycles. The van der Waals surface area contributed by atoms with Gasteiger partial charge in [0.05, 0.1) is 15.2 Å². The van der Waals surface area contributed by atoms with Gasteiger partial charge >= 0.3 is 6.03 Å². The number of aromatic nitrogens is 1. The van der Waals surface area contributed by atoms with E-state index in [1.165, 1.54) is 14.6 Å². The van der Waals surface area contributed by atoms with E-state index in [1.54, 1.807) is 0 Å². The van der Waals surface area contributed by atoms with Crippen LogP contribution in [0.15, 0.2) is 24.3 Å². The number of likely N-dealkylation sites (tertiary alicyclic amines) is 1. The van der Waals surface area contributed by atoms with Crippen LogP contribution in [0.5, 0.6) is 0 Å². The Hall–Kier alpha value is -1.99. The van der Waals surface area contributed by atoms with Crippen molar-refractivity contribution in [3.05, 3.63) is 29.3 Å². The number of carbonyl (C=O) groups is 2. The lowest BCUT2D eigenvalue weighted by Gasteiger charge is -2.31. The van der Waals surface area contributed by atoms with E-state index < -0.39 is 5.54 Å². The van der Waals surface area contributed by atoms with Crippen LogP contribution in [0.3, 0.4) is 0 Å². The smallest absolute Gasteiger partial charge is 0.323 e. The van der Waals surface area contributed by atoms with Gasteiger partial charge in [0.2, 0.25) is 0 Å². The zero-order valence-electron chi connectivity index (χ0n) is 16.0. The normalized spacial score (nSPS) is 23.2. The molecule has 3 heterocycles. The van der Waals surface area contributed by atoms with Crippen LogP contribution in [0, 0.1) is 0 Å². The predicted molar refractivity (Wildman–Crippen MR) is 109 cm³/mol. The molecule has 0 atom stereocenters. The zero-order chi connectivity index (χ0) is 19.1. The SMILES string of the molecule is O=C1NC2(CCCC2)C(=O)N1CCN1CCC(c2nc3ccccc3s2)CC1. The van der Waals surface area contributed by atoms with E-state index in [9.17, 15) is 9.59 Å². The minimum Gasteiger partial charge on any atom is -0.323 e. The summed E-state index contributed by atoms with van der Waals surface area (Å²) in [5.74, 6) is 0.520. The largest absolute Gasteiger partial charge is 0.325 e. The quantitative estimate of drug-likeness (QED) is 0.803. The van der Waals surface area contributed by atoms with E-state index in [4.69, 9.17) is 4.98 Å². The van der Waals surface area contributed by atoms with Crippen molar-refractivity contribution < 1.29 is 9.59 Å². The molecule has 1 aromatic heterocycles. The topological polar surface area (TPSA) is 65.5 Å². The van der Waals surface area contributed by atoms with Crippen molar-refractivity contribution in [3.8, 4) is 0 Å². The van der Waals surface area contributed by atoms with Crippen LogP contribution in [0.1, 0.15) is 49.5 Å². The summed E-state index contributed by atoms with van der Waals surface area (Å²) in [5, 5.41) is 4.22. The molecule has 28 heavy (non-hydrogen) atoms. The number of nitrogens with zero attached hydrogens (tertiary/aromatic N) is 3. The molecule has 3 fully saturated rings. The predicted octanol–water partition coefficient (Wildman–Crippen LogP) is 3.34. The zero-order valence-corrected chi connectivity index (χ0v) is 16.8. The molecule has 0 bridgehead atoms. The fourth-order valence-corrected chi connectivity index (χ4v) is 6.04. The molecule has 1 N–H and O–H groups in total. The molecule has 3 aliphatic rings. The molecule has 1 aromatic carbocycles. The van der Waals surface area contributed by atoms with Gasteiger partial charge in [-0.15, -0.1) is 11.3 Å². The Kier molecular flexibility index (Phi) is 4.59. The summed E-state index contributed by atoms with van der Waals surface area (Å²) in [6, 6.07) is 8.13. The van der Waals surface area contributed by atoms with E-state index in [0.29, 0.717) is 12.5 Å². The third-order valence-electron chi connectivity index (χ3n) is 6.59. The molecule has 1 spiro atoms. The minimum absolute atomic E-state index is 0.000591. The molecule has 3 amide bonds. The summed E-state index contributed by atoms with van der Waals surface area (Å²) in [7, 11) is 0. The molecule has 1 aliphatic carbocycles. The highest BCUT2D eigenvalue weighted by molar-refractivity contribution is 7.18. The number of benzene rings is 1. The molecule has 148 valence electrons. The second kappa shape index (κ2) is 7.12. The summed E-state index contributed by atoms with van der Waals surface area (Å²) in [4.78, 5) is 33.7. The number of urea groups is 1. The summed E-state index contributed by atoms with van der Waals surface area (Å²) in [5.41, 5.74) is 0.515. The van der Waals surface area contributed by atoms with Gasteiger partial charge in [0.15, 0.2) is 0 Å². The standard InChI is InChI=1S/C21H26N4O2S/c26-19-21(9-3-4-10-21)23-20(27)25(19)14-13-24-11-7-15(8-12-24)18-22-16-5-1-2-6-17(16)28-18/h1-2,5-6,15H,3-4,7-14H2,(H,23,27). The molecule has 0 unspecified atom stereocenters. The summed E-state index contributed by atoms with van der Waals surface area (Å²) in [6.07, 6.45) is 5.81. The Morgan fingerprint density at radius 1 is 1.11 bits per heavy atom. The van der Waals surface area contributed by atoms with Crippen LogP contribution in [-0.4, -0.2) is 58.4 Å². The second-order valence-corrected chi connectivity index (χ2v) is 9.37. The maximum absolute atomic E-state index is 12.8. The molecule has 2 aromatic rings. The van der Waals surface area contributed by atoms with Gasteiger partial charge in [0.1, 0.15) is 5.54 Å². The van der Waals surface area contributed by atoms with Crippen LogP contribution >= 0.6 is 11.3 Å². The lowest BCUT2D eigenvalue weighted by molar-refractivity contribution is -0.131. The van der Waals surface area contributed by atoms with Crippen molar-refractivity contribution in [2.24, 2.45) is 0 Å². The fraction of sp³-hybridized carbons (Fsp3) is 0.571. The molecule has 6 nitrogen and oxygen atoms in total. The number of para-hydroxylation sites is 1. The first-order chi connectivity index (χ1) is 13.6. The Labute approximate surface area is 168 Å². The van der Waals surface area contributed by atoms with E-state index >= 15 is 0 Å². The average molecular weight is 399 g/mol. The minimum atomic E-state index is -0.586. The van der Waals surface area contributed by atoms with E-state index in [2.05, 4.69) is 28.4 Å². The summed E-state index contributed by atoms with van der Waals surface area (Å²) in [6.45, 7) is 3.25. The van der Waals surface area contributed by atoms with Gasteiger partial charge in [0.25, 0.3) is 5.91 Å². The third-order valence-corrected chi connectivity index (χ3v) is 7.79. The van der Waals surface area contributed by atoms with Crippen LogP contribution in [0.2, 0.25) is 0 Å². The van der Waals surface area contributed by atoms with Crippen molar-refractivity contribution in [3.63, 3.8) is 0 Å². The highest BCUT2D eigenvalue weighted by atomic mass is 32.1. The number of piperidine rings is 1. The highest BCUT2D eigenvalue weighted by Crippen LogP contribution is 2.36. The van der Waals surface area contributed by atoms with Crippen molar-refractivity contribution in [2.75, 3.05) is 26.2 Å². The van der Waals surface area contributed by atoms with Gasteiger partial charge in [-0.25, -0.2) is 9.78 Å². The lowest BCUT2D eigenvalue weighted by Crippen LogP contribution is -2.45. The Morgan fingerprint density at radius 3 is 2.61 bits per heavy atom. The molecule has 7 heteroatoms. The summed E-state index contributed by atoms with van der Waals surface area (Å²) >= 11 is 1.81. The Bertz CT molecular complexity index is 864. The number of imide groups is 1. The first-order valence-electron chi connectivity index (χ1n) is 10.4. The van der Waals surface area contributed by atoms with Gasteiger partial charge in [-0.3, -0.25) is 9.69 Å². The number of thiazole rings is 1. The molecule has 5 rings (SSSR count).